The Hall–Kier alpha value is -3.80. The van der Waals surface area contributed by atoms with Crippen molar-refractivity contribution in [1.29, 1.82) is 0 Å². The van der Waals surface area contributed by atoms with E-state index in [2.05, 4.69) is 46.7 Å². The van der Waals surface area contributed by atoms with Crippen LogP contribution in [0.3, 0.4) is 0 Å². The van der Waals surface area contributed by atoms with Gasteiger partial charge in [0.2, 0.25) is 17.7 Å². The zero-order chi connectivity index (χ0) is 34.8. The maximum absolute atomic E-state index is 15.6. The van der Waals surface area contributed by atoms with Gasteiger partial charge in [0.15, 0.2) is 0 Å². The van der Waals surface area contributed by atoms with E-state index in [-0.39, 0.29) is 36.0 Å². The van der Waals surface area contributed by atoms with Crippen LogP contribution in [0.25, 0.3) is 0 Å². The number of carbonyl (C=O) groups excluding carboxylic acids is 4. The molecule has 0 spiro atoms. The fourth-order valence-corrected chi connectivity index (χ4v) is 5.94. The lowest BCUT2D eigenvalue weighted by Crippen LogP contribution is -2.61. The maximum Gasteiger partial charge on any atom is 0.270 e. The van der Waals surface area contributed by atoms with Crippen molar-refractivity contribution >= 4 is 29.3 Å². The van der Waals surface area contributed by atoms with E-state index >= 15 is 4.39 Å². The Labute approximate surface area is 279 Å². The van der Waals surface area contributed by atoms with Crippen LogP contribution in [0.4, 0.5) is 10.1 Å². The molecule has 1 aliphatic rings. The van der Waals surface area contributed by atoms with E-state index < -0.39 is 35.6 Å². The van der Waals surface area contributed by atoms with Crippen LogP contribution < -0.4 is 16.0 Å². The highest BCUT2D eigenvalue weighted by molar-refractivity contribution is 6.00. The predicted molar refractivity (Wildman–Crippen MR) is 181 cm³/mol. The second-order valence-corrected chi connectivity index (χ2v) is 13.0. The number of likely N-dealkylation sites (N-methyl/N-ethyl adjacent to an activating group) is 1. The van der Waals surface area contributed by atoms with E-state index in [1.807, 2.05) is 20.9 Å². The third kappa shape index (κ3) is 9.85. The van der Waals surface area contributed by atoms with Crippen molar-refractivity contribution in [3.63, 3.8) is 0 Å². The molecular formula is C35H54FN7O4. The van der Waals surface area contributed by atoms with Gasteiger partial charge < -0.3 is 20.9 Å². The summed E-state index contributed by atoms with van der Waals surface area (Å²) in [6.45, 7) is 15.4. The molecule has 1 fully saturated rings. The van der Waals surface area contributed by atoms with Crippen LogP contribution in [0.5, 0.6) is 0 Å². The Kier molecular flexibility index (Phi) is 13.9. The van der Waals surface area contributed by atoms with Crippen molar-refractivity contribution in [2.75, 3.05) is 25.5 Å². The summed E-state index contributed by atoms with van der Waals surface area (Å²) in [6.07, 6.45) is 4.75. The number of aromatic nitrogens is 2. The van der Waals surface area contributed by atoms with Crippen LogP contribution in [-0.2, 0) is 20.9 Å². The fourth-order valence-electron chi connectivity index (χ4n) is 5.94. The molecule has 0 radical (unpaired) electrons. The van der Waals surface area contributed by atoms with Crippen LogP contribution >= 0.6 is 0 Å². The number of carbonyl (C=O) groups is 4. The van der Waals surface area contributed by atoms with Gasteiger partial charge in [-0.1, -0.05) is 53.0 Å². The monoisotopic (exact) mass is 655 g/mol. The first kappa shape index (κ1) is 37.7. The third-order valence-electron chi connectivity index (χ3n) is 9.52. The molecule has 4 amide bonds. The van der Waals surface area contributed by atoms with E-state index in [9.17, 15) is 19.2 Å². The minimum absolute atomic E-state index is 0.0345. The highest BCUT2D eigenvalue weighted by atomic mass is 19.1. The summed E-state index contributed by atoms with van der Waals surface area (Å²) in [5, 5.41) is 12.5. The first-order valence-electron chi connectivity index (χ1n) is 17.0. The lowest BCUT2D eigenvalue weighted by molar-refractivity contribution is -0.141. The number of hydrogen-bond donors (Lipinski definition) is 3. The van der Waals surface area contributed by atoms with Gasteiger partial charge in [-0.15, -0.1) is 0 Å². The molecule has 260 valence electrons. The summed E-state index contributed by atoms with van der Waals surface area (Å²) in [5.41, 5.74) is 0.820. The molecule has 6 atom stereocenters. The van der Waals surface area contributed by atoms with Gasteiger partial charge in [0.05, 0.1) is 5.69 Å². The van der Waals surface area contributed by atoms with E-state index in [0.717, 1.165) is 12.8 Å². The summed E-state index contributed by atoms with van der Waals surface area (Å²) in [5.74, 6) is -2.16. The number of aryl methyl sites for hydroxylation is 1. The number of hydrogen-bond acceptors (Lipinski definition) is 6. The molecule has 11 nitrogen and oxygen atoms in total. The van der Waals surface area contributed by atoms with Crippen molar-refractivity contribution in [3.05, 3.63) is 47.5 Å². The topological polar surface area (TPSA) is 129 Å². The lowest BCUT2D eigenvalue weighted by Gasteiger charge is -2.44. The van der Waals surface area contributed by atoms with Gasteiger partial charge in [0.1, 0.15) is 23.6 Å². The van der Waals surface area contributed by atoms with Gasteiger partial charge in [-0.25, -0.2) is 4.39 Å². The van der Waals surface area contributed by atoms with Crippen molar-refractivity contribution in [3.8, 4) is 0 Å². The first-order valence-corrected chi connectivity index (χ1v) is 17.0. The number of rotatable bonds is 15. The largest absolute Gasteiger partial charge is 0.344 e. The van der Waals surface area contributed by atoms with Crippen molar-refractivity contribution in [1.82, 2.24) is 30.2 Å². The Morgan fingerprint density at radius 3 is 2.36 bits per heavy atom. The van der Waals surface area contributed by atoms with E-state index in [1.165, 1.54) is 18.3 Å². The number of halogens is 1. The van der Waals surface area contributed by atoms with Gasteiger partial charge in [-0.05, 0) is 63.9 Å². The first-order chi connectivity index (χ1) is 22.3. The predicted octanol–water partition coefficient (Wildman–Crippen LogP) is 4.54. The molecule has 1 aromatic heterocycles. The van der Waals surface area contributed by atoms with E-state index in [0.29, 0.717) is 49.7 Å². The van der Waals surface area contributed by atoms with Gasteiger partial charge in [-0.2, -0.15) is 5.10 Å². The number of amides is 4. The molecule has 0 aliphatic carbocycles. The van der Waals surface area contributed by atoms with Crippen LogP contribution in [-0.4, -0.2) is 87.5 Å². The Bertz CT molecular complexity index is 1380. The summed E-state index contributed by atoms with van der Waals surface area (Å²) in [7, 11) is 2.02. The Balaban J connectivity index is 1.80. The average Bonchev–Trinajstić information content (AvgIpc) is 3.54. The summed E-state index contributed by atoms with van der Waals surface area (Å²) < 4.78 is 17.2. The average molecular weight is 656 g/mol. The standard InChI is InChI=1S/C35H54FN7O4/c1-9-22(4)13-12-14-29(39-34(46)30-17-18-37-43(30)11-3)33(45)38-28-16-15-26(19-27(28)36)25(7)32(40-31(44)10-2)35(47)42-21-23(5)41(8)20-24(42)6/h15-19,22-25,29,32H,9-14,20-21H2,1-8H3,(H,38,45)(H,39,46)(H,40,44)/t22?,23-,24-,25?,29?,32?/m1/s1. The second-order valence-electron chi connectivity index (χ2n) is 13.0. The molecular weight excluding hydrogens is 601 g/mol. The number of nitrogens with one attached hydrogen (secondary N) is 3. The van der Waals surface area contributed by atoms with Crippen molar-refractivity contribution in [2.45, 2.75) is 117 Å². The van der Waals surface area contributed by atoms with Crippen LogP contribution in [0.1, 0.15) is 103 Å². The van der Waals surface area contributed by atoms with Crippen LogP contribution in [0.2, 0.25) is 0 Å². The van der Waals surface area contributed by atoms with Crippen molar-refractivity contribution in [2.24, 2.45) is 5.92 Å². The molecule has 3 N–H and O–H groups in total. The van der Waals surface area contributed by atoms with E-state index in [1.54, 1.807) is 35.6 Å². The molecule has 0 bridgehead atoms. The number of benzene rings is 1. The van der Waals surface area contributed by atoms with Crippen LogP contribution in [0.15, 0.2) is 30.5 Å². The SMILES string of the molecule is CCC(=O)NC(C(=O)N1C[C@@H](C)N(C)C[C@H]1C)C(C)c1ccc(NC(=O)C(CCCC(C)CC)NC(=O)c2ccnn2CC)c(F)c1. The number of nitrogens with zero attached hydrogens (tertiary/aromatic N) is 4. The molecule has 3 rings (SSSR count). The zero-order valence-corrected chi connectivity index (χ0v) is 29.3. The molecule has 4 unspecified atom stereocenters. The normalized spacial score (nSPS) is 19.4. The fraction of sp³-hybridized carbons (Fsp3) is 0.629. The molecule has 0 saturated carbocycles. The van der Waals surface area contributed by atoms with Crippen molar-refractivity contribution < 1.29 is 23.6 Å². The quantitative estimate of drug-likeness (QED) is 0.259. The molecule has 1 aliphatic heterocycles. The van der Waals surface area contributed by atoms with Gasteiger partial charge in [-0.3, -0.25) is 28.8 Å². The molecule has 1 aromatic carbocycles. The minimum atomic E-state index is -0.887. The highest BCUT2D eigenvalue weighted by Gasteiger charge is 2.37. The van der Waals surface area contributed by atoms with Gasteiger partial charge in [0.25, 0.3) is 5.91 Å². The molecule has 2 aromatic rings. The van der Waals surface area contributed by atoms with Crippen LogP contribution in [0, 0.1) is 11.7 Å². The maximum atomic E-state index is 15.6. The minimum Gasteiger partial charge on any atom is -0.344 e. The Morgan fingerprint density at radius 2 is 1.72 bits per heavy atom. The molecule has 1 saturated heterocycles. The summed E-state index contributed by atoms with van der Waals surface area (Å²) in [6, 6.07) is 4.36. The highest BCUT2D eigenvalue weighted by Crippen LogP contribution is 2.27. The zero-order valence-electron chi connectivity index (χ0n) is 29.3. The van der Waals surface area contributed by atoms with E-state index in [4.69, 9.17) is 0 Å². The number of piperazine rings is 1. The molecule has 47 heavy (non-hydrogen) atoms. The molecule has 2 heterocycles. The summed E-state index contributed by atoms with van der Waals surface area (Å²) in [4.78, 5) is 56.9. The third-order valence-corrected chi connectivity index (χ3v) is 9.52. The smallest absolute Gasteiger partial charge is 0.270 e. The summed E-state index contributed by atoms with van der Waals surface area (Å²) >= 11 is 0. The second kappa shape index (κ2) is 17.4. The molecule has 12 heteroatoms. The number of anilines is 1. The van der Waals surface area contributed by atoms with Gasteiger partial charge >= 0.3 is 0 Å². The van der Waals surface area contributed by atoms with Gasteiger partial charge in [0, 0.05) is 50.3 Å². The lowest BCUT2D eigenvalue weighted by atomic mass is 9.90. The Morgan fingerprint density at radius 1 is 1.00 bits per heavy atom.